The normalized spacial score (nSPS) is 37.6. The van der Waals surface area contributed by atoms with Crippen LogP contribution >= 0.6 is 0 Å². The van der Waals surface area contributed by atoms with Gasteiger partial charge in [-0.1, -0.05) is 0 Å². The summed E-state index contributed by atoms with van der Waals surface area (Å²) in [4.78, 5) is 21.6. The first kappa shape index (κ1) is 27.1. The first-order valence-corrected chi connectivity index (χ1v) is 10.4. The van der Waals surface area contributed by atoms with Crippen LogP contribution in [-0.2, 0) is 14.2 Å². The minimum atomic E-state index is -1.83. The highest BCUT2D eigenvalue weighted by atomic mass is 16.7. The maximum Gasteiger partial charge on any atom is 0.336 e. The molecule has 0 bridgehead atoms. The van der Waals surface area contributed by atoms with Crippen LogP contribution in [0.4, 0.5) is 11.4 Å². The molecule has 2 aliphatic heterocycles. The number of hydrogen-bond donors (Lipinski definition) is 9. The van der Waals surface area contributed by atoms with Gasteiger partial charge in [-0.25, -0.2) is 4.79 Å². The number of nitro benzene ring substituents is 1. The lowest BCUT2D eigenvalue weighted by molar-refractivity contribution is -0.384. The number of benzene rings is 1. The molecule has 0 spiro atoms. The van der Waals surface area contributed by atoms with Gasteiger partial charge in [-0.05, 0) is 6.07 Å². The van der Waals surface area contributed by atoms with E-state index in [4.69, 9.17) is 14.2 Å². The van der Waals surface area contributed by atoms with E-state index in [0.29, 0.717) is 0 Å². The number of ether oxygens (including phenoxy) is 3. The topological polar surface area (TPSA) is 262 Å². The van der Waals surface area contributed by atoms with Crippen LogP contribution in [-0.4, -0.2) is 126 Å². The first-order valence-electron chi connectivity index (χ1n) is 10.4. The van der Waals surface area contributed by atoms with Crippen molar-refractivity contribution in [3.63, 3.8) is 0 Å². The van der Waals surface area contributed by atoms with Crippen molar-refractivity contribution in [2.75, 3.05) is 18.5 Å². The van der Waals surface area contributed by atoms with Crippen molar-refractivity contribution >= 4 is 17.3 Å². The number of aliphatic hydroxyl groups excluding tert-OH is 7. The van der Waals surface area contributed by atoms with Gasteiger partial charge in [0.15, 0.2) is 12.5 Å². The Bertz CT molecular complexity index is 881. The minimum absolute atomic E-state index is 0.141. The Labute approximate surface area is 196 Å². The standard InChI is InChI=1S/C19H26N2O14/c22-4-9-11(24)12(25)15(28)19(34-9)35-16-10(5-23)33-17(14(27)13(16)26)20-7-1-6(18(29)30)2-8(3-7)21(31)32/h1-3,9-17,19-20,22-28H,4-5H2,(H,29,30)/t9-,10+,11-,12+,13+,14-,15-,16+,17+,19+/m0/s1. The van der Waals surface area contributed by atoms with Gasteiger partial charge in [0.25, 0.3) is 5.69 Å². The maximum absolute atomic E-state index is 11.3. The quantitative estimate of drug-likeness (QED) is 0.121. The molecule has 2 saturated heterocycles. The summed E-state index contributed by atoms with van der Waals surface area (Å²) in [5.41, 5.74) is -1.14. The molecule has 0 unspecified atom stereocenters. The number of nitrogens with one attached hydrogen (secondary N) is 1. The zero-order valence-electron chi connectivity index (χ0n) is 17.9. The number of carboxylic acid groups (broad SMARTS) is 1. The van der Waals surface area contributed by atoms with Gasteiger partial charge in [0.1, 0.15) is 48.8 Å². The van der Waals surface area contributed by atoms with Crippen molar-refractivity contribution in [2.24, 2.45) is 0 Å². The molecule has 0 aliphatic carbocycles. The fourth-order valence-electron chi connectivity index (χ4n) is 3.80. The van der Waals surface area contributed by atoms with Gasteiger partial charge in [-0.2, -0.15) is 0 Å². The lowest BCUT2D eigenvalue weighted by Crippen LogP contribution is -2.65. The number of aliphatic hydroxyl groups is 7. The minimum Gasteiger partial charge on any atom is -0.478 e. The van der Waals surface area contributed by atoms with Gasteiger partial charge in [-0.15, -0.1) is 0 Å². The molecule has 9 N–H and O–H groups in total. The number of nitro groups is 1. The second kappa shape index (κ2) is 11.0. The summed E-state index contributed by atoms with van der Waals surface area (Å²) in [5.74, 6) is -1.46. The molecule has 0 saturated carbocycles. The predicted molar refractivity (Wildman–Crippen MR) is 110 cm³/mol. The van der Waals surface area contributed by atoms with Crippen molar-refractivity contribution in [2.45, 2.75) is 61.3 Å². The van der Waals surface area contributed by atoms with Crippen LogP contribution in [0.2, 0.25) is 0 Å². The fraction of sp³-hybridized carbons (Fsp3) is 0.632. The Morgan fingerprint density at radius 2 is 1.60 bits per heavy atom. The Balaban J connectivity index is 1.78. The summed E-state index contributed by atoms with van der Waals surface area (Å²) in [6.45, 7) is -1.53. The van der Waals surface area contributed by atoms with E-state index in [1.807, 2.05) is 0 Å². The largest absolute Gasteiger partial charge is 0.478 e. The molecule has 16 nitrogen and oxygen atoms in total. The predicted octanol–water partition coefficient (Wildman–Crippen LogP) is -3.67. The van der Waals surface area contributed by atoms with Crippen molar-refractivity contribution in [3.05, 3.63) is 33.9 Å². The monoisotopic (exact) mass is 506 g/mol. The molecule has 196 valence electrons. The number of carboxylic acids is 1. The fourth-order valence-corrected chi connectivity index (χ4v) is 3.80. The summed E-state index contributed by atoms with van der Waals surface area (Å²) >= 11 is 0. The van der Waals surface area contributed by atoms with E-state index in [0.717, 1.165) is 18.2 Å². The Kier molecular flexibility index (Phi) is 8.54. The molecule has 2 heterocycles. The number of rotatable bonds is 8. The summed E-state index contributed by atoms with van der Waals surface area (Å²) < 4.78 is 16.1. The van der Waals surface area contributed by atoms with E-state index < -0.39 is 96.7 Å². The molecule has 10 atom stereocenters. The number of aromatic carboxylic acids is 1. The van der Waals surface area contributed by atoms with Crippen LogP contribution in [0.5, 0.6) is 0 Å². The third-order valence-electron chi connectivity index (χ3n) is 5.69. The number of anilines is 1. The third kappa shape index (κ3) is 5.67. The van der Waals surface area contributed by atoms with Crippen molar-refractivity contribution < 1.29 is 64.8 Å². The molecular weight excluding hydrogens is 480 g/mol. The van der Waals surface area contributed by atoms with E-state index >= 15 is 0 Å². The van der Waals surface area contributed by atoms with Crippen LogP contribution in [0.15, 0.2) is 18.2 Å². The maximum atomic E-state index is 11.3. The molecule has 0 radical (unpaired) electrons. The lowest BCUT2D eigenvalue weighted by atomic mass is 9.96. The molecule has 1 aromatic rings. The van der Waals surface area contributed by atoms with Crippen LogP contribution in [0.1, 0.15) is 10.4 Å². The molecular formula is C19H26N2O14. The van der Waals surface area contributed by atoms with Crippen molar-refractivity contribution in [1.29, 1.82) is 0 Å². The number of carbonyl (C=O) groups is 1. The second-order valence-electron chi connectivity index (χ2n) is 8.03. The van der Waals surface area contributed by atoms with Crippen LogP contribution in [0.3, 0.4) is 0 Å². The highest BCUT2D eigenvalue weighted by Crippen LogP contribution is 2.30. The first-order chi connectivity index (χ1) is 16.5. The number of nitrogens with zero attached hydrogens (tertiary/aromatic N) is 1. The van der Waals surface area contributed by atoms with Crippen molar-refractivity contribution in [3.8, 4) is 0 Å². The van der Waals surface area contributed by atoms with Gasteiger partial charge >= 0.3 is 5.97 Å². The van der Waals surface area contributed by atoms with Crippen LogP contribution < -0.4 is 5.32 Å². The molecule has 2 fully saturated rings. The molecule has 16 heteroatoms. The van der Waals surface area contributed by atoms with E-state index in [1.165, 1.54) is 0 Å². The van der Waals surface area contributed by atoms with Crippen molar-refractivity contribution in [1.82, 2.24) is 0 Å². The highest BCUT2D eigenvalue weighted by molar-refractivity contribution is 5.90. The van der Waals surface area contributed by atoms with Crippen LogP contribution in [0.25, 0.3) is 0 Å². The average Bonchev–Trinajstić information content (AvgIpc) is 2.83. The van der Waals surface area contributed by atoms with Gasteiger partial charge < -0.3 is 60.4 Å². The highest BCUT2D eigenvalue weighted by Gasteiger charge is 2.50. The molecule has 0 aromatic heterocycles. The Hall–Kier alpha value is -2.51. The zero-order valence-corrected chi connectivity index (χ0v) is 17.9. The SMILES string of the molecule is O=C(O)c1cc(N[C@@H]2O[C@H](CO)[C@@H](O[C@H]3O[C@@H](CO)[C@H](O)[C@@H](O)[C@@H]3O)[C@H](O)[C@@H]2O)cc([N+](=O)[O-])c1. The summed E-state index contributed by atoms with van der Waals surface area (Å²) in [7, 11) is 0. The second-order valence-corrected chi connectivity index (χ2v) is 8.03. The zero-order chi connectivity index (χ0) is 26.0. The molecule has 35 heavy (non-hydrogen) atoms. The number of hydrogen-bond acceptors (Lipinski definition) is 14. The van der Waals surface area contributed by atoms with E-state index in [2.05, 4.69) is 5.32 Å². The summed E-state index contributed by atoms with van der Waals surface area (Å²) in [6, 6.07) is 2.82. The van der Waals surface area contributed by atoms with E-state index in [-0.39, 0.29) is 5.69 Å². The van der Waals surface area contributed by atoms with E-state index in [9.17, 15) is 55.8 Å². The third-order valence-corrected chi connectivity index (χ3v) is 5.69. The van der Waals surface area contributed by atoms with Crippen LogP contribution in [0, 0.1) is 10.1 Å². The van der Waals surface area contributed by atoms with E-state index in [1.54, 1.807) is 0 Å². The van der Waals surface area contributed by atoms with Gasteiger partial charge in [0, 0.05) is 17.8 Å². The molecule has 3 rings (SSSR count). The van der Waals surface area contributed by atoms with Gasteiger partial charge in [0.05, 0.1) is 23.7 Å². The average molecular weight is 506 g/mol. The van der Waals surface area contributed by atoms with Gasteiger partial charge in [-0.3, -0.25) is 10.1 Å². The summed E-state index contributed by atoms with van der Waals surface area (Å²) in [6.07, 6.45) is -16.3. The molecule has 0 amide bonds. The smallest absolute Gasteiger partial charge is 0.336 e. The lowest BCUT2D eigenvalue weighted by Gasteiger charge is -2.46. The number of non-ortho nitro benzene ring substituents is 1. The Morgan fingerprint density at radius 3 is 2.17 bits per heavy atom. The molecule has 1 aromatic carbocycles. The van der Waals surface area contributed by atoms with Gasteiger partial charge in [0.2, 0.25) is 0 Å². The molecule has 2 aliphatic rings. The summed E-state index contributed by atoms with van der Waals surface area (Å²) in [5, 5.41) is 92.9. The Morgan fingerprint density at radius 1 is 0.943 bits per heavy atom.